The number of fused-ring (bicyclic) bond motifs is 1. The fourth-order valence-corrected chi connectivity index (χ4v) is 4.26. The van der Waals surface area contributed by atoms with Crippen LogP contribution in [0, 0.1) is 0 Å². The fraction of sp³-hybridized carbons (Fsp3) is 0.0952. The molecular formula is C21H16BrN3O3S. The summed E-state index contributed by atoms with van der Waals surface area (Å²) in [5.74, 6) is 0.656. The molecule has 0 aliphatic carbocycles. The van der Waals surface area contributed by atoms with Crippen LogP contribution < -0.4 is 15.4 Å². The van der Waals surface area contributed by atoms with Gasteiger partial charge in [0.25, 0.3) is 0 Å². The second-order valence-electron chi connectivity index (χ2n) is 6.29. The number of nitrogens with one attached hydrogen (secondary N) is 2. The van der Waals surface area contributed by atoms with Gasteiger partial charge in [-0.15, -0.1) is 11.8 Å². The molecule has 2 N–H and O–H groups in total. The molecule has 0 bridgehead atoms. The lowest BCUT2D eigenvalue weighted by molar-refractivity contribution is -0.120. The Balaban J connectivity index is 1.34. The summed E-state index contributed by atoms with van der Waals surface area (Å²) in [5.41, 5.74) is 1.32. The number of nitrogens with zero attached hydrogens (tertiary/aromatic N) is 1. The first-order valence-corrected chi connectivity index (χ1v) is 10.5. The molecule has 6 nitrogen and oxygen atoms in total. The molecule has 1 aromatic heterocycles. The third kappa shape index (κ3) is 4.96. The van der Waals surface area contributed by atoms with Crippen molar-refractivity contribution in [2.75, 3.05) is 10.6 Å². The van der Waals surface area contributed by atoms with E-state index >= 15 is 0 Å². The van der Waals surface area contributed by atoms with Crippen molar-refractivity contribution in [2.45, 2.75) is 16.6 Å². The highest BCUT2D eigenvalue weighted by molar-refractivity contribution is 9.10. The number of anilines is 2. The lowest BCUT2D eigenvalue weighted by Crippen LogP contribution is -2.32. The van der Waals surface area contributed by atoms with E-state index in [1.165, 1.54) is 18.0 Å². The molecule has 0 saturated carbocycles. The van der Waals surface area contributed by atoms with Crippen molar-refractivity contribution in [2.24, 2.45) is 0 Å². The number of aromatic nitrogens is 1. The molecule has 2 heterocycles. The molecule has 0 spiro atoms. The maximum Gasteiger partial charge on any atom is 0.238 e. The molecule has 3 aromatic rings. The molecule has 1 aliphatic rings. The number of halogens is 1. The Hall–Kier alpha value is -2.84. The molecule has 0 fully saturated rings. The van der Waals surface area contributed by atoms with Crippen LogP contribution in [0.5, 0.6) is 11.6 Å². The van der Waals surface area contributed by atoms with E-state index in [-0.39, 0.29) is 18.2 Å². The van der Waals surface area contributed by atoms with Crippen LogP contribution in [0.15, 0.2) is 76.2 Å². The van der Waals surface area contributed by atoms with Gasteiger partial charge < -0.3 is 15.4 Å². The van der Waals surface area contributed by atoms with Gasteiger partial charge in [0, 0.05) is 21.9 Å². The van der Waals surface area contributed by atoms with Crippen molar-refractivity contribution in [3.63, 3.8) is 0 Å². The molecule has 1 unspecified atom stereocenters. The van der Waals surface area contributed by atoms with Crippen molar-refractivity contribution >= 4 is 50.9 Å². The molecule has 4 rings (SSSR count). The molecule has 2 amide bonds. The van der Waals surface area contributed by atoms with Gasteiger partial charge >= 0.3 is 0 Å². The summed E-state index contributed by atoms with van der Waals surface area (Å²) in [4.78, 5) is 29.8. The maximum atomic E-state index is 12.4. The van der Waals surface area contributed by atoms with Crippen LogP contribution in [0.3, 0.4) is 0 Å². The van der Waals surface area contributed by atoms with Crippen LogP contribution in [-0.2, 0) is 9.59 Å². The summed E-state index contributed by atoms with van der Waals surface area (Å²) in [6, 6.07) is 18.4. The number of pyridine rings is 1. The Morgan fingerprint density at radius 1 is 1.17 bits per heavy atom. The number of para-hydroxylation sites is 1. The van der Waals surface area contributed by atoms with Crippen molar-refractivity contribution in [1.82, 2.24) is 4.98 Å². The van der Waals surface area contributed by atoms with E-state index in [9.17, 15) is 9.59 Å². The molecule has 2 aromatic carbocycles. The summed E-state index contributed by atoms with van der Waals surface area (Å²) in [6.45, 7) is 0. The summed E-state index contributed by atoms with van der Waals surface area (Å²) in [5, 5.41) is 5.14. The number of carbonyl (C=O) groups excluding carboxylic acids is 2. The zero-order valence-corrected chi connectivity index (χ0v) is 17.5. The van der Waals surface area contributed by atoms with Crippen molar-refractivity contribution in [3.8, 4) is 11.6 Å². The zero-order valence-electron chi connectivity index (χ0n) is 15.1. The number of carbonyl (C=O) groups is 2. The van der Waals surface area contributed by atoms with Gasteiger partial charge in [-0.1, -0.05) is 34.1 Å². The van der Waals surface area contributed by atoms with Gasteiger partial charge in [-0.25, -0.2) is 4.98 Å². The first-order valence-electron chi connectivity index (χ1n) is 8.83. The second-order valence-corrected chi connectivity index (χ2v) is 8.45. The molecule has 29 heavy (non-hydrogen) atoms. The largest absolute Gasteiger partial charge is 0.439 e. The zero-order chi connectivity index (χ0) is 20.2. The highest BCUT2D eigenvalue weighted by atomic mass is 79.9. The average Bonchev–Trinajstić information content (AvgIpc) is 2.70. The Morgan fingerprint density at radius 2 is 2.03 bits per heavy atom. The summed E-state index contributed by atoms with van der Waals surface area (Å²) < 4.78 is 6.59. The molecule has 146 valence electrons. The highest BCUT2D eigenvalue weighted by Crippen LogP contribution is 2.36. The first-order chi connectivity index (χ1) is 14.1. The van der Waals surface area contributed by atoms with Gasteiger partial charge in [0.05, 0.1) is 22.8 Å². The summed E-state index contributed by atoms with van der Waals surface area (Å²) >= 11 is 4.79. The SMILES string of the molecule is O=C(CC1Sc2ccccc2NC1=O)Nc1ccc(Oc2cccc(Br)c2)nc1. The fourth-order valence-electron chi connectivity index (χ4n) is 2.77. The molecule has 0 radical (unpaired) electrons. The van der Waals surface area contributed by atoms with E-state index in [0.717, 1.165) is 15.1 Å². The number of benzene rings is 2. The molecule has 0 saturated heterocycles. The number of thioether (sulfide) groups is 1. The number of amides is 2. The number of rotatable bonds is 5. The van der Waals surface area contributed by atoms with Crippen molar-refractivity contribution in [1.29, 1.82) is 0 Å². The van der Waals surface area contributed by atoms with Gasteiger partial charge in [0.2, 0.25) is 17.7 Å². The minimum Gasteiger partial charge on any atom is -0.439 e. The van der Waals surface area contributed by atoms with E-state index < -0.39 is 5.25 Å². The predicted molar refractivity (Wildman–Crippen MR) is 116 cm³/mol. The van der Waals surface area contributed by atoms with E-state index in [2.05, 4.69) is 31.5 Å². The summed E-state index contributed by atoms with van der Waals surface area (Å²) in [7, 11) is 0. The van der Waals surface area contributed by atoms with Crippen LogP contribution in [-0.4, -0.2) is 22.0 Å². The Labute approximate surface area is 180 Å². The van der Waals surface area contributed by atoms with Crippen molar-refractivity contribution in [3.05, 3.63) is 71.3 Å². The van der Waals surface area contributed by atoms with Gasteiger partial charge in [-0.3, -0.25) is 9.59 Å². The van der Waals surface area contributed by atoms with E-state index in [1.807, 2.05) is 48.5 Å². The minimum atomic E-state index is -0.475. The molecule has 8 heteroatoms. The van der Waals surface area contributed by atoms with E-state index in [4.69, 9.17) is 4.74 Å². The standard InChI is InChI=1S/C21H16BrN3O3S/c22-13-4-3-5-15(10-13)28-20-9-8-14(12-23-20)24-19(26)11-18-21(27)25-16-6-1-2-7-17(16)29-18/h1-10,12,18H,11H2,(H,24,26)(H,25,27). The smallest absolute Gasteiger partial charge is 0.238 e. The third-order valence-corrected chi connectivity index (χ3v) is 5.88. The van der Waals surface area contributed by atoms with Crippen LogP contribution >= 0.6 is 27.7 Å². The second kappa shape index (κ2) is 8.67. The Kier molecular flexibility index (Phi) is 5.82. The van der Waals surface area contributed by atoms with Crippen LogP contribution in [0.2, 0.25) is 0 Å². The highest BCUT2D eigenvalue weighted by Gasteiger charge is 2.28. The van der Waals surface area contributed by atoms with Crippen molar-refractivity contribution < 1.29 is 14.3 Å². The number of hydrogen-bond donors (Lipinski definition) is 2. The predicted octanol–water partition coefficient (Wildman–Crippen LogP) is 5.08. The third-order valence-electron chi connectivity index (χ3n) is 4.12. The van der Waals surface area contributed by atoms with Crippen LogP contribution in [0.4, 0.5) is 11.4 Å². The average molecular weight is 470 g/mol. The van der Waals surface area contributed by atoms with Crippen LogP contribution in [0.25, 0.3) is 0 Å². The van der Waals surface area contributed by atoms with E-state index in [0.29, 0.717) is 17.3 Å². The normalized spacial score (nSPS) is 15.2. The Bertz CT molecular complexity index is 1060. The molecule has 1 aliphatic heterocycles. The quantitative estimate of drug-likeness (QED) is 0.544. The lowest BCUT2D eigenvalue weighted by Gasteiger charge is -2.23. The summed E-state index contributed by atoms with van der Waals surface area (Å²) in [6.07, 6.45) is 1.59. The molecule has 1 atom stereocenters. The minimum absolute atomic E-state index is 0.0706. The van der Waals surface area contributed by atoms with E-state index in [1.54, 1.807) is 12.1 Å². The van der Waals surface area contributed by atoms with Gasteiger partial charge in [0.15, 0.2) is 0 Å². The van der Waals surface area contributed by atoms with Gasteiger partial charge in [-0.2, -0.15) is 0 Å². The number of hydrogen-bond acceptors (Lipinski definition) is 5. The first kappa shape index (κ1) is 19.5. The Morgan fingerprint density at radius 3 is 2.83 bits per heavy atom. The molecular weight excluding hydrogens is 454 g/mol. The lowest BCUT2D eigenvalue weighted by atomic mass is 10.2. The maximum absolute atomic E-state index is 12.4. The van der Waals surface area contributed by atoms with Crippen LogP contribution in [0.1, 0.15) is 6.42 Å². The number of ether oxygens (including phenoxy) is 1. The topological polar surface area (TPSA) is 80.3 Å². The monoisotopic (exact) mass is 469 g/mol. The van der Waals surface area contributed by atoms with Gasteiger partial charge in [-0.05, 0) is 36.4 Å². The van der Waals surface area contributed by atoms with Gasteiger partial charge in [0.1, 0.15) is 5.75 Å².